The van der Waals surface area contributed by atoms with Crippen molar-refractivity contribution in [2.45, 2.75) is 0 Å². The third kappa shape index (κ3) is 3.33. The van der Waals surface area contributed by atoms with E-state index in [1.807, 2.05) is 24.3 Å². The number of hydrogen-bond acceptors (Lipinski definition) is 6. The molecule has 4 rings (SSSR count). The summed E-state index contributed by atoms with van der Waals surface area (Å²) < 4.78 is 11.3. The number of aromatic nitrogens is 3. The Kier molecular flexibility index (Phi) is 5.04. The number of aromatic hydroxyl groups is 1. The summed E-state index contributed by atoms with van der Waals surface area (Å²) in [6.07, 6.45) is 0. The van der Waals surface area contributed by atoms with E-state index in [2.05, 4.69) is 31.1 Å². The van der Waals surface area contributed by atoms with Crippen molar-refractivity contribution >= 4 is 32.9 Å². The zero-order valence-corrected chi connectivity index (χ0v) is 17.5. The Labute approximate surface area is 179 Å². The molecule has 152 valence electrons. The van der Waals surface area contributed by atoms with Crippen LogP contribution in [0.15, 0.2) is 46.9 Å². The number of H-pyrrole nitrogens is 1. The number of rotatable bonds is 5. The zero-order chi connectivity index (χ0) is 21.4. The minimum atomic E-state index is -1.11. The van der Waals surface area contributed by atoms with Crippen molar-refractivity contribution < 1.29 is 24.5 Å². The monoisotopic (exact) mass is 469 g/mol. The number of ether oxygens (including phenoxy) is 2. The number of carboxylic acids is 1. The molecule has 0 bridgehead atoms. The van der Waals surface area contributed by atoms with Gasteiger partial charge in [-0.15, -0.1) is 0 Å². The highest BCUT2D eigenvalue weighted by Gasteiger charge is 2.21. The molecule has 0 spiro atoms. The standard InChI is InChI=1S/C21H16BrN3O5/c1-29-15-7-11(8-16(30-2)19(15)26)14-9-13(21(27)28)17-18(24-25-20(17)23-14)10-3-5-12(22)6-4-10/h3-9,26H,1-2H3,(H,27,28)(H,23,24,25). The molecule has 9 heteroatoms. The molecule has 30 heavy (non-hydrogen) atoms. The lowest BCUT2D eigenvalue weighted by atomic mass is 10.0. The van der Waals surface area contributed by atoms with E-state index in [9.17, 15) is 15.0 Å². The van der Waals surface area contributed by atoms with Gasteiger partial charge in [-0.1, -0.05) is 28.1 Å². The fourth-order valence-electron chi connectivity index (χ4n) is 3.21. The maximum atomic E-state index is 12.1. The smallest absolute Gasteiger partial charge is 0.336 e. The number of pyridine rings is 1. The van der Waals surface area contributed by atoms with Gasteiger partial charge in [0.25, 0.3) is 0 Å². The Hall–Kier alpha value is -3.59. The lowest BCUT2D eigenvalue weighted by Gasteiger charge is -2.11. The van der Waals surface area contributed by atoms with Crippen molar-refractivity contribution in [2.24, 2.45) is 0 Å². The summed E-state index contributed by atoms with van der Waals surface area (Å²) in [5, 5.41) is 27.5. The van der Waals surface area contributed by atoms with Gasteiger partial charge in [0.05, 0.1) is 36.6 Å². The Morgan fingerprint density at radius 3 is 2.23 bits per heavy atom. The maximum Gasteiger partial charge on any atom is 0.336 e. The molecule has 0 atom stereocenters. The van der Waals surface area contributed by atoms with Crippen LogP contribution in [0.5, 0.6) is 17.2 Å². The van der Waals surface area contributed by atoms with E-state index in [1.165, 1.54) is 20.3 Å². The Morgan fingerprint density at radius 1 is 1.03 bits per heavy atom. The second kappa shape index (κ2) is 7.68. The van der Waals surface area contributed by atoms with Crippen molar-refractivity contribution in [2.75, 3.05) is 14.2 Å². The van der Waals surface area contributed by atoms with E-state index < -0.39 is 5.97 Å². The lowest BCUT2D eigenvalue weighted by molar-refractivity contribution is 0.0699. The second-order valence-corrected chi connectivity index (χ2v) is 7.31. The van der Waals surface area contributed by atoms with Gasteiger partial charge < -0.3 is 19.7 Å². The molecule has 3 N–H and O–H groups in total. The van der Waals surface area contributed by atoms with Crippen LogP contribution in [0.3, 0.4) is 0 Å². The first-order chi connectivity index (χ1) is 14.4. The molecule has 0 saturated carbocycles. The van der Waals surface area contributed by atoms with Crippen LogP contribution in [0.25, 0.3) is 33.5 Å². The fraction of sp³-hybridized carbons (Fsp3) is 0.0952. The SMILES string of the molecule is COc1cc(-c2cc(C(=O)O)c3c(-c4ccc(Br)cc4)[nH]nc3n2)cc(OC)c1O. The van der Waals surface area contributed by atoms with E-state index in [1.54, 1.807) is 12.1 Å². The van der Waals surface area contributed by atoms with Gasteiger partial charge in [0.2, 0.25) is 5.75 Å². The first-order valence-corrected chi connectivity index (χ1v) is 9.56. The number of methoxy groups -OCH3 is 2. The lowest BCUT2D eigenvalue weighted by Crippen LogP contribution is -2.00. The number of aromatic amines is 1. The van der Waals surface area contributed by atoms with Crippen molar-refractivity contribution in [1.29, 1.82) is 0 Å². The average molecular weight is 470 g/mol. The number of benzene rings is 2. The average Bonchev–Trinajstić information content (AvgIpc) is 3.17. The van der Waals surface area contributed by atoms with Crippen molar-refractivity contribution in [3.05, 3.63) is 52.5 Å². The predicted octanol–water partition coefficient (Wildman–Crippen LogP) is 4.48. The quantitative estimate of drug-likeness (QED) is 0.394. The van der Waals surface area contributed by atoms with Crippen LogP contribution in [-0.4, -0.2) is 45.6 Å². The number of carboxylic acid groups (broad SMARTS) is 1. The highest BCUT2D eigenvalue weighted by atomic mass is 79.9. The molecule has 2 aromatic carbocycles. The molecule has 0 amide bonds. The molecule has 0 unspecified atom stereocenters. The molecule has 0 aliphatic rings. The molecule has 8 nitrogen and oxygen atoms in total. The van der Waals surface area contributed by atoms with Gasteiger partial charge in [-0.25, -0.2) is 9.78 Å². The van der Waals surface area contributed by atoms with Gasteiger partial charge in [-0.3, -0.25) is 5.10 Å². The minimum Gasteiger partial charge on any atom is -0.502 e. The molecule has 2 aromatic heterocycles. The maximum absolute atomic E-state index is 12.1. The van der Waals surface area contributed by atoms with Crippen molar-refractivity contribution in [3.8, 4) is 39.8 Å². The topological polar surface area (TPSA) is 118 Å². The Balaban J connectivity index is 1.95. The number of nitrogens with zero attached hydrogens (tertiary/aromatic N) is 2. The molecule has 4 aromatic rings. The number of halogens is 1. The molecule has 0 aliphatic heterocycles. The van der Waals surface area contributed by atoms with Gasteiger partial charge >= 0.3 is 5.97 Å². The van der Waals surface area contributed by atoms with E-state index in [-0.39, 0.29) is 28.5 Å². The van der Waals surface area contributed by atoms with Crippen LogP contribution >= 0.6 is 15.9 Å². The number of carbonyl (C=O) groups is 1. The summed E-state index contributed by atoms with van der Waals surface area (Å²) in [4.78, 5) is 16.6. The summed E-state index contributed by atoms with van der Waals surface area (Å²) in [5.74, 6) is -0.900. The van der Waals surface area contributed by atoms with Crippen LogP contribution in [0, 0.1) is 0 Å². The van der Waals surface area contributed by atoms with Gasteiger partial charge in [0, 0.05) is 15.6 Å². The summed E-state index contributed by atoms with van der Waals surface area (Å²) in [6, 6.07) is 12.0. The number of phenols is 1. The number of phenolic OH excluding ortho intramolecular Hbond substituents is 1. The third-order valence-corrected chi connectivity index (χ3v) is 5.19. The third-order valence-electron chi connectivity index (χ3n) is 4.66. The van der Waals surface area contributed by atoms with Gasteiger partial charge in [-0.2, -0.15) is 5.10 Å². The van der Waals surface area contributed by atoms with E-state index in [0.717, 1.165) is 10.0 Å². The van der Waals surface area contributed by atoms with Gasteiger partial charge in [-0.05, 0) is 30.3 Å². The zero-order valence-electron chi connectivity index (χ0n) is 15.9. The highest BCUT2D eigenvalue weighted by Crippen LogP contribution is 2.41. The predicted molar refractivity (Wildman–Crippen MR) is 114 cm³/mol. The number of aromatic carboxylic acids is 1. The molecule has 2 heterocycles. The largest absolute Gasteiger partial charge is 0.502 e. The number of hydrogen-bond donors (Lipinski definition) is 3. The first kappa shape index (κ1) is 19.7. The van der Waals surface area contributed by atoms with Crippen molar-refractivity contribution in [1.82, 2.24) is 15.2 Å². The summed E-state index contributed by atoms with van der Waals surface area (Å²) in [7, 11) is 2.82. The second-order valence-electron chi connectivity index (χ2n) is 6.39. The molecular formula is C21H16BrN3O5. The number of nitrogens with one attached hydrogen (secondary N) is 1. The molecule has 0 fully saturated rings. The molecule has 0 radical (unpaired) electrons. The van der Waals surface area contributed by atoms with Crippen LogP contribution in [0.2, 0.25) is 0 Å². The van der Waals surface area contributed by atoms with Gasteiger partial charge in [0.15, 0.2) is 17.1 Å². The highest BCUT2D eigenvalue weighted by molar-refractivity contribution is 9.10. The Bertz CT molecular complexity index is 1240. The van der Waals surface area contributed by atoms with Crippen LogP contribution < -0.4 is 9.47 Å². The van der Waals surface area contributed by atoms with Crippen molar-refractivity contribution in [3.63, 3.8) is 0 Å². The molecule has 0 aliphatic carbocycles. The normalized spacial score (nSPS) is 10.9. The Morgan fingerprint density at radius 2 is 1.67 bits per heavy atom. The summed E-state index contributed by atoms with van der Waals surface area (Å²) >= 11 is 3.39. The minimum absolute atomic E-state index is 0.0488. The fourth-order valence-corrected chi connectivity index (χ4v) is 3.47. The molecule has 0 saturated heterocycles. The first-order valence-electron chi connectivity index (χ1n) is 8.76. The van der Waals surface area contributed by atoms with E-state index in [0.29, 0.717) is 22.3 Å². The van der Waals surface area contributed by atoms with E-state index >= 15 is 0 Å². The van der Waals surface area contributed by atoms with Crippen LogP contribution in [-0.2, 0) is 0 Å². The van der Waals surface area contributed by atoms with Gasteiger partial charge in [0.1, 0.15) is 0 Å². The van der Waals surface area contributed by atoms with Crippen LogP contribution in [0.1, 0.15) is 10.4 Å². The number of fused-ring (bicyclic) bond motifs is 1. The molecular weight excluding hydrogens is 454 g/mol. The summed E-state index contributed by atoms with van der Waals surface area (Å²) in [5.41, 5.74) is 2.52. The summed E-state index contributed by atoms with van der Waals surface area (Å²) in [6.45, 7) is 0. The van der Waals surface area contributed by atoms with Crippen LogP contribution in [0.4, 0.5) is 0 Å². The van der Waals surface area contributed by atoms with E-state index in [4.69, 9.17) is 9.47 Å².